The quantitative estimate of drug-likeness (QED) is 0.524. The number of thiol groups is 1. The third-order valence-corrected chi connectivity index (χ3v) is 4.70. The van der Waals surface area contributed by atoms with E-state index < -0.39 is 22.0 Å². The van der Waals surface area contributed by atoms with E-state index in [1.807, 2.05) is 43.3 Å². The van der Waals surface area contributed by atoms with Gasteiger partial charge in [-0.05, 0) is 31.5 Å². The van der Waals surface area contributed by atoms with Gasteiger partial charge in [0.05, 0.1) is 5.25 Å². The van der Waals surface area contributed by atoms with Gasteiger partial charge in [0.1, 0.15) is 0 Å². The van der Waals surface area contributed by atoms with Gasteiger partial charge in [0.2, 0.25) is 5.91 Å². The maximum absolute atomic E-state index is 11.7. The fourth-order valence-electron chi connectivity index (χ4n) is 1.61. The molecule has 7 heteroatoms. The summed E-state index contributed by atoms with van der Waals surface area (Å²) in [5.41, 5.74) is 2.07. The van der Waals surface area contributed by atoms with E-state index in [2.05, 4.69) is 17.9 Å². The molecule has 1 amide bonds. The van der Waals surface area contributed by atoms with Crippen LogP contribution in [0.2, 0.25) is 0 Å². The Kier molecular flexibility index (Phi) is 6.62. The van der Waals surface area contributed by atoms with E-state index in [4.69, 9.17) is 0 Å². The first-order chi connectivity index (χ1) is 10.2. The number of hydrogen-bond acceptors (Lipinski definition) is 5. The van der Waals surface area contributed by atoms with Crippen LogP contribution in [0, 0.1) is 0 Å². The molecule has 0 fully saturated rings. The van der Waals surface area contributed by atoms with Crippen molar-refractivity contribution in [1.29, 1.82) is 0 Å². The Morgan fingerprint density at radius 1 is 1.36 bits per heavy atom. The fraction of sp³-hybridized carbons (Fsp3) is 0.467. The van der Waals surface area contributed by atoms with Gasteiger partial charge in [-0.2, -0.15) is 12.6 Å². The van der Waals surface area contributed by atoms with Crippen LogP contribution in [-0.4, -0.2) is 41.2 Å². The van der Waals surface area contributed by atoms with Gasteiger partial charge in [-0.1, -0.05) is 12.1 Å². The van der Waals surface area contributed by atoms with Crippen molar-refractivity contribution in [2.24, 2.45) is 0 Å². The van der Waals surface area contributed by atoms with Crippen molar-refractivity contribution < 1.29 is 14.7 Å². The van der Waals surface area contributed by atoms with Crippen LogP contribution in [0.3, 0.4) is 0 Å². The minimum atomic E-state index is -1.38. The van der Waals surface area contributed by atoms with Gasteiger partial charge in [0.15, 0.2) is 4.87 Å². The summed E-state index contributed by atoms with van der Waals surface area (Å²) in [6, 6.07) is 7.85. The number of carboxylic acid groups (broad SMARTS) is 1. The van der Waals surface area contributed by atoms with Gasteiger partial charge < -0.3 is 15.3 Å². The second-order valence-electron chi connectivity index (χ2n) is 5.35. The highest BCUT2D eigenvalue weighted by atomic mass is 32.2. The van der Waals surface area contributed by atoms with Crippen molar-refractivity contribution in [2.45, 2.75) is 29.7 Å². The summed E-state index contributed by atoms with van der Waals surface area (Å²) >= 11 is 5.19. The van der Waals surface area contributed by atoms with Crippen molar-refractivity contribution in [3.05, 3.63) is 29.8 Å². The SMILES string of the molecule is CC(S)C(=O)N[C@](C)(SCc1ccc(N(C)C)cc1)C(=O)O. The van der Waals surface area contributed by atoms with E-state index >= 15 is 0 Å². The molecule has 5 nitrogen and oxygen atoms in total. The van der Waals surface area contributed by atoms with Gasteiger partial charge >= 0.3 is 5.97 Å². The molecular weight excluding hydrogens is 320 g/mol. The van der Waals surface area contributed by atoms with E-state index in [9.17, 15) is 14.7 Å². The molecule has 122 valence electrons. The van der Waals surface area contributed by atoms with Gasteiger partial charge in [-0.3, -0.25) is 4.79 Å². The number of carbonyl (C=O) groups is 2. The van der Waals surface area contributed by atoms with Crippen molar-refractivity contribution in [2.75, 3.05) is 19.0 Å². The zero-order chi connectivity index (χ0) is 16.9. The van der Waals surface area contributed by atoms with E-state index in [1.165, 1.54) is 18.7 Å². The molecule has 1 aromatic rings. The second-order valence-corrected chi connectivity index (χ2v) is 7.52. The normalized spacial score (nSPS) is 14.8. The predicted octanol–water partition coefficient (Wildman–Crippen LogP) is 2.22. The summed E-state index contributed by atoms with van der Waals surface area (Å²) in [5, 5.41) is 11.4. The Hall–Kier alpha value is -1.34. The molecule has 0 aliphatic rings. The number of thioether (sulfide) groups is 1. The molecular formula is C15H22N2O3S2. The number of nitrogens with one attached hydrogen (secondary N) is 1. The number of nitrogens with zero attached hydrogens (tertiary/aromatic N) is 1. The summed E-state index contributed by atoms with van der Waals surface area (Å²) in [4.78, 5) is 23.8. The Bertz CT molecular complexity index is 532. The molecule has 22 heavy (non-hydrogen) atoms. The number of carboxylic acids is 1. The molecule has 0 saturated carbocycles. The van der Waals surface area contributed by atoms with Gasteiger partial charge in [-0.25, -0.2) is 4.79 Å². The number of hydrogen-bond donors (Lipinski definition) is 3. The molecule has 0 bridgehead atoms. The Morgan fingerprint density at radius 3 is 2.32 bits per heavy atom. The van der Waals surface area contributed by atoms with Crippen LogP contribution in [0.25, 0.3) is 0 Å². The number of amides is 1. The zero-order valence-corrected chi connectivity index (χ0v) is 14.9. The molecule has 2 N–H and O–H groups in total. The monoisotopic (exact) mass is 342 g/mol. The number of carbonyl (C=O) groups excluding carboxylic acids is 1. The minimum Gasteiger partial charge on any atom is -0.479 e. The van der Waals surface area contributed by atoms with Crippen LogP contribution >= 0.6 is 24.4 Å². The molecule has 1 unspecified atom stereocenters. The van der Waals surface area contributed by atoms with E-state index in [1.54, 1.807) is 6.92 Å². The topological polar surface area (TPSA) is 69.6 Å². The maximum atomic E-state index is 11.7. The average Bonchev–Trinajstić information content (AvgIpc) is 2.45. The lowest BCUT2D eigenvalue weighted by atomic mass is 10.2. The average molecular weight is 342 g/mol. The highest BCUT2D eigenvalue weighted by Crippen LogP contribution is 2.27. The number of aliphatic carboxylic acids is 1. The lowest BCUT2D eigenvalue weighted by molar-refractivity contribution is -0.142. The fourth-order valence-corrected chi connectivity index (χ4v) is 2.62. The Labute approximate surface area is 140 Å². The third-order valence-electron chi connectivity index (χ3n) is 3.13. The zero-order valence-electron chi connectivity index (χ0n) is 13.2. The molecule has 0 spiro atoms. The van der Waals surface area contributed by atoms with E-state index in [-0.39, 0.29) is 0 Å². The Balaban J connectivity index is 2.75. The van der Waals surface area contributed by atoms with Crippen LogP contribution in [0.15, 0.2) is 24.3 Å². The lowest BCUT2D eigenvalue weighted by Gasteiger charge is -2.26. The van der Waals surface area contributed by atoms with Crippen molar-refractivity contribution >= 4 is 42.0 Å². The summed E-state index contributed by atoms with van der Waals surface area (Å²) in [6.07, 6.45) is 0. The first-order valence-corrected chi connectivity index (χ1v) is 8.29. The van der Waals surface area contributed by atoms with Crippen molar-refractivity contribution in [3.63, 3.8) is 0 Å². The van der Waals surface area contributed by atoms with E-state index in [0.717, 1.165) is 11.3 Å². The first-order valence-electron chi connectivity index (χ1n) is 6.79. The highest BCUT2D eigenvalue weighted by molar-refractivity contribution is 8.00. The van der Waals surface area contributed by atoms with Crippen LogP contribution in [-0.2, 0) is 15.3 Å². The largest absolute Gasteiger partial charge is 0.479 e. The van der Waals surface area contributed by atoms with Crippen LogP contribution in [0.5, 0.6) is 0 Å². The molecule has 0 aliphatic heterocycles. The molecule has 0 saturated heterocycles. The minimum absolute atomic E-state index is 0.399. The standard InChI is InChI=1S/C15H22N2O3S2/c1-10(21)13(18)16-15(2,14(19)20)22-9-11-5-7-12(8-6-11)17(3)4/h5-8,10,21H,9H2,1-4H3,(H,16,18)(H,19,20)/t10?,15-/m1/s1. The van der Waals surface area contributed by atoms with Gasteiger partial charge in [0, 0.05) is 25.5 Å². The maximum Gasteiger partial charge on any atom is 0.339 e. The van der Waals surface area contributed by atoms with Crippen molar-refractivity contribution in [1.82, 2.24) is 5.32 Å². The third kappa shape index (κ3) is 5.14. The lowest BCUT2D eigenvalue weighted by Crippen LogP contribution is -2.51. The van der Waals surface area contributed by atoms with Gasteiger partial charge in [-0.15, -0.1) is 11.8 Å². The van der Waals surface area contributed by atoms with Crippen LogP contribution < -0.4 is 10.2 Å². The molecule has 0 heterocycles. The predicted molar refractivity (Wildman–Crippen MR) is 94.7 cm³/mol. The summed E-state index contributed by atoms with van der Waals surface area (Å²) in [5.74, 6) is -0.994. The summed E-state index contributed by atoms with van der Waals surface area (Å²) in [6.45, 7) is 3.09. The molecule has 0 radical (unpaired) electrons. The summed E-state index contributed by atoms with van der Waals surface area (Å²) in [7, 11) is 3.92. The molecule has 0 aromatic heterocycles. The summed E-state index contributed by atoms with van der Waals surface area (Å²) < 4.78 is 0. The number of anilines is 1. The number of rotatable bonds is 7. The van der Waals surface area contributed by atoms with Crippen LogP contribution in [0.4, 0.5) is 5.69 Å². The smallest absolute Gasteiger partial charge is 0.339 e. The molecule has 0 aliphatic carbocycles. The first kappa shape index (κ1) is 18.7. The van der Waals surface area contributed by atoms with Crippen LogP contribution in [0.1, 0.15) is 19.4 Å². The Morgan fingerprint density at radius 2 is 1.91 bits per heavy atom. The van der Waals surface area contributed by atoms with Gasteiger partial charge in [0.25, 0.3) is 0 Å². The van der Waals surface area contributed by atoms with E-state index in [0.29, 0.717) is 5.75 Å². The second kappa shape index (κ2) is 7.78. The molecule has 2 atom stereocenters. The number of benzene rings is 1. The molecule has 1 rings (SSSR count). The van der Waals surface area contributed by atoms with Crippen molar-refractivity contribution in [3.8, 4) is 0 Å². The molecule has 1 aromatic carbocycles. The highest BCUT2D eigenvalue weighted by Gasteiger charge is 2.36.